The zero-order valence-corrected chi connectivity index (χ0v) is 36.8. The number of benzene rings is 6. The average molecular weight is 973 g/mol. The molecule has 14 heteroatoms. The highest BCUT2D eigenvalue weighted by atomic mass is 19.2. The summed E-state index contributed by atoms with van der Waals surface area (Å²) >= 11 is 0. The molecule has 0 amide bonds. The van der Waals surface area contributed by atoms with Crippen LogP contribution in [0.15, 0.2) is 191 Å². The van der Waals surface area contributed by atoms with Crippen LogP contribution in [0.4, 0.5) is 43.9 Å². The Labute approximate surface area is 403 Å². The van der Waals surface area contributed by atoms with Crippen molar-refractivity contribution < 1.29 is 43.9 Å². The predicted octanol–water partition coefficient (Wildman–Crippen LogP) is 14.9. The molecule has 0 unspecified atom stereocenters. The number of allylic oxidation sites excluding steroid dienone is 6. The molecule has 8 aromatic rings. The molecule has 4 nitrogen and oxygen atoms in total. The number of halogens is 10. The first-order valence-electron chi connectivity index (χ1n) is 22.1. The first kappa shape index (κ1) is 45.4. The van der Waals surface area contributed by atoms with Crippen molar-refractivity contribution in [3.05, 3.63) is 296 Å². The number of aliphatic imine (C=N–C) groups is 2. The van der Waals surface area contributed by atoms with Crippen molar-refractivity contribution in [3.63, 3.8) is 0 Å². The fraction of sp³-hybridized carbons (Fsp3) is 0. The van der Waals surface area contributed by atoms with Crippen LogP contribution in [0.5, 0.6) is 0 Å². The van der Waals surface area contributed by atoms with Crippen LogP contribution in [-0.4, -0.2) is 21.4 Å². The number of nitrogens with zero attached hydrogens (tertiary/aromatic N) is 2. The van der Waals surface area contributed by atoms with Crippen molar-refractivity contribution in [2.45, 2.75) is 0 Å². The molecule has 2 aromatic heterocycles. The molecule has 0 radical (unpaired) electrons. The van der Waals surface area contributed by atoms with Crippen molar-refractivity contribution in [2.75, 3.05) is 0 Å². The van der Waals surface area contributed by atoms with Crippen molar-refractivity contribution in [3.8, 4) is 0 Å². The first-order valence-corrected chi connectivity index (χ1v) is 22.1. The second-order valence-corrected chi connectivity index (χ2v) is 16.6. The number of H-pyrrole nitrogens is 2. The normalized spacial score (nSPS) is 14.6. The minimum Gasteiger partial charge on any atom is -0.354 e. The van der Waals surface area contributed by atoms with Gasteiger partial charge in [0.05, 0.1) is 33.9 Å². The van der Waals surface area contributed by atoms with E-state index in [2.05, 4.69) is 9.97 Å². The third kappa shape index (κ3) is 7.50. The number of hydrogen-bond donors (Lipinski definition) is 2. The van der Waals surface area contributed by atoms with Crippen molar-refractivity contribution >= 4 is 44.9 Å². The fourth-order valence-corrected chi connectivity index (χ4v) is 9.23. The van der Waals surface area contributed by atoms with E-state index in [1.54, 1.807) is 121 Å². The molecule has 2 N–H and O–H groups in total. The Morgan fingerprint density at radius 1 is 0.250 bits per heavy atom. The number of fused-ring (bicyclic) bond motifs is 6. The van der Waals surface area contributed by atoms with Crippen LogP contribution in [0.25, 0.3) is 33.4 Å². The molecule has 72 heavy (non-hydrogen) atoms. The Hall–Kier alpha value is -9.04. The third-order valence-corrected chi connectivity index (χ3v) is 12.4. The second-order valence-electron chi connectivity index (χ2n) is 16.6. The zero-order valence-electron chi connectivity index (χ0n) is 36.8. The van der Waals surface area contributed by atoms with E-state index in [0.29, 0.717) is 44.5 Å². The molecular weight excluding hydrogens is 943 g/mol. The molecule has 0 saturated carbocycles. The molecule has 0 atom stereocenters. The quantitative estimate of drug-likeness (QED) is 0.0948. The van der Waals surface area contributed by atoms with Crippen LogP contribution in [-0.2, 0) is 0 Å². The minimum atomic E-state index is -2.35. The lowest BCUT2D eigenvalue weighted by Crippen LogP contribution is -2.09. The molecular formula is C58H30F10N4. The maximum atomic E-state index is 16.3. The van der Waals surface area contributed by atoms with Gasteiger partial charge >= 0.3 is 0 Å². The van der Waals surface area contributed by atoms with Gasteiger partial charge in [0.2, 0.25) is 11.6 Å². The summed E-state index contributed by atoms with van der Waals surface area (Å²) < 4.78 is 156. The summed E-state index contributed by atoms with van der Waals surface area (Å²) in [5.41, 5.74) is -0.0432. The van der Waals surface area contributed by atoms with E-state index in [4.69, 9.17) is 9.98 Å². The van der Waals surface area contributed by atoms with Crippen molar-refractivity contribution in [1.82, 2.24) is 9.97 Å². The van der Waals surface area contributed by atoms with Gasteiger partial charge in [0, 0.05) is 56.2 Å². The van der Waals surface area contributed by atoms with Crippen LogP contribution in [0.3, 0.4) is 0 Å². The van der Waals surface area contributed by atoms with Gasteiger partial charge in [-0.1, -0.05) is 121 Å². The smallest absolute Gasteiger partial charge is 0.200 e. The molecule has 11 rings (SSSR count). The fourth-order valence-electron chi connectivity index (χ4n) is 9.23. The lowest BCUT2D eigenvalue weighted by molar-refractivity contribution is 0.376. The minimum absolute atomic E-state index is 0.125. The standard InChI is InChI=1S/C58H30F10N4/c59-49-47(50(60)54(64)57(67)53(49)63)45-37-25-21-33(69-37)41(29-13-5-1-6-14-29)42(30-15-7-2-8-16-30)34-22-26-38(70-34)46(48-51(61)55(65)58(68)56(66)52(48)62)40-28-24-36(72-40)44(32-19-11-4-12-20-32)43(31-17-9-3-10-18-31)35-23-27-39(45)71-35/h1-28,69,72H. The number of aromatic amines is 2. The number of hydrogen-bond acceptors (Lipinski definition) is 2. The summed E-state index contributed by atoms with van der Waals surface area (Å²) in [6.45, 7) is 0. The Bertz CT molecular complexity index is 3510. The average Bonchev–Trinajstić information content (AvgIpc) is 4.28. The lowest BCUT2D eigenvalue weighted by atomic mass is 9.89. The molecule has 6 aromatic carbocycles. The van der Waals surface area contributed by atoms with Gasteiger partial charge in [-0.2, -0.15) is 0 Å². The second kappa shape index (κ2) is 18.0. The molecule has 0 saturated heterocycles. The number of rotatable bonds is 6. The van der Waals surface area contributed by atoms with Gasteiger partial charge in [0.15, 0.2) is 46.5 Å². The summed E-state index contributed by atoms with van der Waals surface area (Å²) in [5.74, 6) is -21.8. The number of aromatic nitrogens is 2. The molecule has 3 aliphatic heterocycles. The van der Waals surface area contributed by atoms with Crippen molar-refractivity contribution in [2.24, 2.45) is 9.98 Å². The maximum Gasteiger partial charge on any atom is 0.200 e. The van der Waals surface area contributed by atoms with E-state index in [1.165, 1.54) is 48.6 Å². The Morgan fingerprint density at radius 2 is 0.500 bits per heavy atom. The Kier molecular flexibility index (Phi) is 11.4. The van der Waals surface area contributed by atoms with Crippen molar-refractivity contribution in [1.29, 1.82) is 0 Å². The van der Waals surface area contributed by atoms with Gasteiger partial charge in [-0.05, 0) is 70.8 Å². The lowest BCUT2D eigenvalue weighted by Gasteiger charge is -2.18. The summed E-state index contributed by atoms with van der Waals surface area (Å²) in [4.78, 5) is 16.2. The highest BCUT2D eigenvalue weighted by Crippen LogP contribution is 2.44. The molecule has 0 aliphatic carbocycles. The van der Waals surface area contributed by atoms with Gasteiger partial charge < -0.3 is 9.97 Å². The summed E-state index contributed by atoms with van der Waals surface area (Å²) in [6, 6.07) is 40.6. The molecule has 352 valence electrons. The van der Waals surface area contributed by atoms with Crippen LogP contribution < -0.4 is 0 Å². The van der Waals surface area contributed by atoms with E-state index in [0.717, 1.165) is 0 Å². The van der Waals surface area contributed by atoms with Crippen LogP contribution in [0, 0.1) is 58.2 Å². The predicted molar refractivity (Wildman–Crippen MR) is 257 cm³/mol. The highest BCUT2D eigenvalue weighted by molar-refractivity contribution is 6.38. The maximum absolute atomic E-state index is 16.3. The van der Waals surface area contributed by atoms with Crippen LogP contribution >= 0.6 is 0 Å². The van der Waals surface area contributed by atoms with E-state index in [9.17, 15) is 8.78 Å². The summed E-state index contributed by atoms with van der Waals surface area (Å²) in [6.07, 6.45) is 5.74. The Morgan fingerprint density at radius 3 is 0.792 bits per heavy atom. The third-order valence-electron chi connectivity index (χ3n) is 12.4. The van der Waals surface area contributed by atoms with Crippen LogP contribution in [0.1, 0.15) is 56.2 Å². The Balaban J connectivity index is 1.33. The van der Waals surface area contributed by atoms with Gasteiger partial charge in [0.25, 0.3) is 0 Å². The summed E-state index contributed by atoms with van der Waals surface area (Å²) in [7, 11) is 0. The molecule has 5 heterocycles. The van der Waals surface area contributed by atoms with Crippen LogP contribution in [0.2, 0.25) is 0 Å². The van der Waals surface area contributed by atoms with Gasteiger partial charge in [-0.3, -0.25) is 0 Å². The summed E-state index contributed by atoms with van der Waals surface area (Å²) in [5, 5.41) is 0. The van der Waals surface area contributed by atoms with Gasteiger partial charge in [0.1, 0.15) is 0 Å². The number of nitrogens with one attached hydrogen (secondary N) is 2. The molecule has 8 bridgehead atoms. The zero-order chi connectivity index (χ0) is 49.9. The van der Waals surface area contributed by atoms with E-state index in [1.807, 2.05) is 0 Å². The van der Waals surface area contributed by atoms with Gasteiger partial charge in [-0.25, -0.2) is 53.9 Å². The first-order chi connectivity index (χ1) is 34.9. The van der Waals surface area contributed by atoms with E-state index < -0.39 is 80.4 Å². The van der Waals surface area contributed by atoms with E-state index >= 15 is 35.1 Å². The largest absolute Gasteiger partial charge is 0.354 e. The monoisotopic (exact) mass is 972 g/mol. The topological polar surface area (TPSA) is 56.3 Å². The highest BCUT2D eigenvalue weighted by Gasteiger charge is 2.35. The molecule has 0 spiro atoms. The van der Waals surface area contributed by atoms with Gasteiger partial charge in [-0.15, -0.1) is 0 Å². The van der Waals surface area contributed by atoms with E-state index in [-0.39, 0.29) is 45.6 Å². The molecule has 3 aliphatic rings. The molecule has 0 fully saturated rings. The SMILES string of the molecule is Fc1c(F)c(F)c(C2=C3C=CC(=N3)C(c3ccccc3)=C(c3ccccc3)c3ccc([nH]3)C(c3c(F)c(F)c(F)c(F)c3F)=C3C=CC(=N3)C(c3ccccc3)=C(c3ccccc3)c3ccc2[nH]3)c(F)c1F.